The van der Waals surface area contributed by atoms with E-state index in [0.717, 1.165) is 23.1 Å². The van der Waals surface area contributed by atoms with Crippen LogP contribution in [0.5, 0.6) is 0 Å². The van der Waals surface area contributed by atoms with Gasteiger partial charge >= 0.3 is 0 Å². The summed E-state index contributed by atoms with van der Waals surface area (Å²) in [6.07, 6.45) is 6.68. The summed E-state index contributed by atoms with van der Waals surface area (Å²) in [5, 5.41) is 0.984. The van der Waals surface area contributed by atoms with Crippen LogP contribution < -0.4 is 0 Å². The van der Waals surface area contributed by atoms with E-state index in [1.165, 1.54) is 5.56 Å². The van der Waals surface area contributed by atoms with E-state index in [9.17, 15) is 0 Å². The maximum atomic E-state index is 4.67. The number of hydrogen-bond acceptors (Lipinski definition) is 3. The molecule has 0 atom stereocenters. The Labute approximate surface area is 98.2 Å². The fourth-order valence-electron chi connectivity index (χ4n) is 1.88. The normalized spacial score (nSPS) is 13.7. The maximum absolute atomic E-state index is 4.67. The van der Waals surface area contributed by atoms with Crippen molar-refractivity contribution in [3.05, 3.63) is 48.0 Å². The van der Waals surface area contributed by atoms with E-state index >= 15 is 0 Å². The van der Waals surface area contributed by atoms with Crippen molar-refractivity contribution >= 4 is 22.6 Å². The van der Waals surface area contributed by atoms with E-state index in [2.05, 4.69) is 26.7 Å². The number of nitrogens with zero attached hydrogens (tertiary/aromatic N) is 3. The van der Waals surface area contributed by atoms with E-state index in [-0.39, 0.29) is 0 Å². The number of aromatic nitrogens is 2. The van der Waals surface area contributed by atoms with Crippen molar-refractivity contribution in [2.45, 2.75) is 6.42 Å². The second kappa shape index (κ2) is 3.79. The Balaban J connectivity index is 2.23. The molecule has 0 bridgehead atoms. The van der Waals surface area contributed by atoms with Gasteiger partial charge in [-0.05, 0) is 17.9 Å². The molecule has 3 rings (SSSR count). The molecule has 1 aromatic heterocycles. The van der Waals surface area contributed by atoms with E-state index in [1.807, 2.05) is 30.8 Å². The third-order valence-corrected chi connectivity index (χ3v) is 3.32. The van der Waals surface area contributed by atoms with Crippen molar-refractivity contribution in [3.63, 3.8) is 0 Å². The summed E-state index contributed by atoms with van der Waals surface area (Å²) in [5.74, 6) is 1.05. The maximum Gasteiger partial charge on any atom is 0.173 e. The number of fused-ring (bicyclic) bond motifs is 2. The minimum absolute atomic E-state index is 0.844. The number of para-hydroxylation sites is 1. The first-order valence-electron chi connectivity index (χ1n) is 5.11. The molecule has 1 aliphatic rings. The average molecular weight is 229 g/mol. The van der Waals surface area contributed by atoms with Gasteiger partial charge in [0.2, 0.25) is 0 Å². The van der Waals surface area contributed by atoms with Gasteiger partial charge in [0.15, 0.2) is 5.17 Å². The number of hydrogen-bond donors (Lipinski definition) is 0. The van der Waals surface area contributed by atoms with Crippen LogP contribution in [0.2, 0.25) is 0 Å². The molecule has 0 fully saturated rings. The molecule has 16 heavy (non-hydrogen) atoms. The lowest BCUT2D eigenvalue weighted by Gasteiger charge is -2.03. The molecule has 1 aromatic carbocycles. The van der Waals surface area contributed by atoms with Gasteiger partial charge in [0.25, 0.3) is 0 Å². The summed E-state index contributed by atoms with van der Waals surface area (Å²) >= 11 is 1.64. The molecule has 0 amide bonds. The average Bonchev–Trinajstić information content (AvgIpc) is 2.70. The highest BCUT2D eigenvalue weighted by molar-refractivity contribution is 8.13. The fraction of sp³-hybridized carbons (Fsp3) is 0.167. The zero-order valence-electron chi connectivity index (χ0n) is 8.92. The largest absolute Gasteiger partial charge is 0.282 e. The predicted molar refractivity (Wildman–Crippen MR) is 67.5 cm³/mol. The smallest absolute Gasteiger partial charge is 0.173 e. The van der Waals surface area contributed by atoms with Crippen LogP contribution in [0.3, 0.4) is 0 Å². The highest BCUT2D eigenvalue weighted by Gasteiger charge is 2.15. The molecule has 4 heteroatoms. The first kappa shape index (κ1) is 9.66. The van der Waals surface area contributed by atoms with Gasteiger partial charge in [-0.2, -0.15) is 0 Å². The summed E-state index contributed by atoms with van der Waals surface area (Å²) in [4.78, 5) is 9.06. The fourth-order valence-corrected chi connectivity index (χ4v) is 2.43. The van der Waals surface area contributed by atoms with Gasteiger partial charge in [-0.25, -0.2) is 9.98 Å². The van der Waals surface area contributed by atoms with Crippen LogP contribution >= 0.6 is 11.8 Å². The van der Waals surface area contributed by atoms with Crippen molar-refractivity contribution in [1.29, 1.82) is 0 Å². The van der Waals surface area contributed by atoms with Crippen molar-refractivity contribution < 1.29 is 0 Å². The predicted octanol–water partition coefficient (Wildman–Crippen LogP) is 2.69. The lowest BCUT2D eigenvalue weighted by atomic mass is 10.1. The standard InChI is InChI=1S/C12H11N3S/c1-16-12-14-10-5-3-2-4-9(10)8-11-13-6-7-15(11)12/h2-7H,8H2,1H3. The summed E-state index contributed by atoms with van der Waals surface area (Å²) in [7, 11) is 0. The third-order valence-electron chi connectivity index (χ3n) is 2.66. The lowest BCUT2D eigenvalue weighted by Crippen LogP contribution is -2.08. The van der Waals surface area contributed by atoms with Crippen LogP contribution in [-0.2, 0) is 6.42 Å². The molecular formula is C12H11N3S. The molecule has 0 saturated carbocycles. The van der Waals surface area contributed by atoms with Crippen LogP contribution in [0.4, 0.5) is 5.69 Å². The molecule has 0 N–H and O–H groups in total. The van der Waals surface area contributed by atoms with Gasteiger partial charge in [0.1, 0.15) is 5.82 Å². The Kier molecular flexibility index (Phi) is 2.29. The van der Waals surface area contributed by atoms with E-state index < -0.39 is 0 Å². The Morgan fingerprint density at radius 2 is 2.19 bits per heavy atom. The Morgan fingerprint density at radius 3 is 3.06 bits per heavy atom. The first-order chi connectivity index (χ1) is 7.88. The SMILES string of the molecule is CSC1=Nc2ccccc2Cc2nccn21. The van der Waals surface area contributed by atoms with E-state index in [1.54, 1.807) is 11.8 Å². The van der Waals surface area contributed by atoms with Crippen LogP contribution in [-0.4, -0.2) is 21.0 Å². The van der Waals surface area contributed by atoms with Gasteiger partial charge in [-0.3, -0.25) is 4.57 Å². The summed E-state index contributed by atoms with van der Waals surface area (Å²) in [6.45, 7) is 0. The van der Waals surface area contributed by atoms with Crippen LogP contribution in [0.15, 0.2) is 41.7 Å². The minimum atomic E-state index is 0.844. The molecule has 0 saturated heterocycles. The van der Waals surface area contributed by atoms with E-state index in [0.29, 0.717) is 0 Å². The molecule has 0 radical (unpaired) electrons. The zero-order valence-corrected chi connectivity index (χ0v) is 9.74. The molecule has 0 spiro atoms. The van der Waals surface area contributed by atoms with Gasteiger partial charge in [0, 0.05) is 18.8 Å². The van der Waals surface area contributed by atoms with E-state index in [4.69, 9.17) is 0 Å². The number of imidazole rings is 1. The second-order valence-corrected chi connectivity index (χ2v) is 4.39. The number of aliphatic imine (C=N–C) groups is 1. The Hall–Kier alpha value is -1.55. The van der Waals surface area contributed by atoms with Crippen molar-refractivity contribution in [1.82, 2.24) is 9.55 Å². The van der Waals surface area contributed by atoms with Crippen LogP contribution in [0, 0.1) is 0 Å². The summed E-state index contributed by atoms with van der Waals surface area (Å²) in [6, 6.07) is 8.24. The summed E-state index contributed by atoms with van der Waals surface area (Å²) < 4.78 is 2.06. The minimum Gasteiger partial charge on any atom is -0.282 e. The molecule has 3 nitrogen and oxygen atoms in total. The number of rotatable bonds is 0. The Bertz CT molecular complexity index is 557. The van der Waals surface area contributed by atoms with Gasteiger partial charge < -0.3 is 0 Å². The lowest BCUT2D eigenvalue weighted by molar-refractivity contribution is 0.974. The molecule has 80 valence electrons. The first-order valence-corrected chi connectivity index (χ1v) is 6.34. The third kappa shape index (κ3) is 1.46. The molecule has 0 aliphatic carbocycles. The topological polar surface area (TPSA) is 30.2 Å². The highest BCUT2D eigenvalue weighted by Crippen LogP contribution is 2.26. The van der Waals surface area contributed by atoms with Gasteiger partial charge in [-0.15, -0.1) is 0 Å². The second-order valence-electron chi connectivity index (χ2n) is 3.62. The monoisotopic (exact) mass is 229 g/mol. The van der Waals surface area contributed by atoms with Crippen molar-refractivity contribution in [3.8, 4) is 0 Å². The molecule has 2 aromatic rings. The molecule has 0 unspecified atom stereocenters. The number of thioether (sulfide) groups is 1. The van der Waals surface area contributed by atoms with Gasteiger partial charge in [0.05, 0.1) is 5.69 Å². The quantitative estimate of drug-likeness (QED) is 0.695. The molecule has 1 aliphatic heterocycles. The zero-order chi connectivity index (χ0) is 11.0. The van der Waals surface area contributed by atoms with Crippen LogP contribution in [0.1, 0.15) is 11.4 Å². The highest BCUT2D eigenvalue weighted by atomic mass is 32.2. The molecular weight excluding hydrogens is 218 g/mol. The summed E-state index contributed by atoms with van der Waals surface area (Å²) in [5.41, 5.74) is 2.29. The van der Waals surface area contributed by atoms with Crippen molar-refractivity contribution in [2.24, 2.45) is 4.99 Å². The number of benzene rings is 1. The Morgan fingerprint density at radius 1 is 1.31 bits per heavy atom. The van der Waals surface area contributed by atoms with Crippen LogP contribution in [0.25, 0.3) is 0 Å². The van der Waals surface area contributed by atoms with Gasteiger partial charge in [-0.1, -0.05) is 30.0 Å². The van der Waals surface area contributed by atoms with Crippen molar-refractivity contribution in [2.75, 3.05) is 6.26 Å². The molecule has 2 heterocycles.